The molecule has 0 spiro atoms. The lowest BCUT2D eigenvalue weighted by Crippen LogP contribution is -2.30. The summed E-state index contributed by atoms with van der Waals surface area (Å²) in [6.45, 7) is 5.55. The highest BCUT2D eigenvalue weighted by Crippen LogP contribution is 2.11. The monoisotopic (exact) mass is 263 g/mol. The van der Waals surface area contributed by atoms with Gasteiger partial charge in [-0.3, -0.25) is 9.59 Å². The van der Waals surface area contributed by atoms with Crippen LogP contribution in [0.25, 0.3) is 0 Å². The molecule has 0 heterocycles. The molecule has 0 aliphatic carbocycles. The number of anilines is 1. The second-order valence-electron chi connectivity index (χ2n) is 4.13. The third-order valence-electron chi connectivity index (χ3n) is 2.80. The molecule has 0 aliphatic heterocycles. The molecule has 0 atom stereocenters. The molecule has 0 saturated heterocycles. The molecule has 2 N–H and O–H groups in total. The van der Waals surface area contributed by atoms with Crippen molar-refractivity contribution in [3.8, 4) is 0 Å². The molecule has 19 heavy (non-hydrogen) atoms. The average molecular weight is 263 g/mol. The van der Waals surface area contributed by atoms with Gasteiger partial charge in [0.2, 0.25) is 5.91 Å². The van der Waals surface area contributed by atoms with Crippen LogP contribution in [0.5, 0.6) is 0 Å². The Labute approximate surface area is 114 Å². The molecule has 0 aliphatic rings. The largest absolute Gasteiger partial charge is 0.339 e. The summed E-state index contributed by atoms with van der Waals surface area (Å²) in [4.78, 5) is 25.2. The van der Waals surface area contributed by atoms with Crippen LogP contribution < -0.4 is 10.6 Å². The fraction of sp³-hybridized carbons (Fsp3) is 0.429. The van der Waals surface area contributed by atoms with Crippen LogP contribution in [0, 0.1) is 0 Å². The highest BCUT2D eigenvalue weighted by Gasteiger charge is 2.12. The van der Waals surface area contributed by atoms with Crippen LogP contribution in [0.1, 0.15) is 24.2 Å². The lowest BCUT2D eigenvalue weighted by atomic mass is 10.1. The number of likely N-dealkylation sites (N-methyl/N-ethyl adjacent to an activating group) is 1. The quantitative estimate of drug-likeness (QED) is 0.814. The van der Waals surface area contributed by atoms with Gasteiger partial charge in [0.25, 0.3) is 5.91 Å². The summed E-state index contributed by atoms with van der Waals surface area (Å²) in [7, 11) is 1.71. The van der Waals surface area contributed by atoms with Gasteiger partial charge in [-0.1, -0.05) is 0 Å². The van der Waals surface area contributed by atoms with Gasteiger partial charge in [-0.2, -0.15) is 0 Å². The first-order chi connectivity index (χ1) is 9.12. The fourth-order valence-electron chi connectivity index (χ4n) is 1.76. The molecule has 1 rings (SSSR count). The second kappa shape index (κ2) is 7.53. The topological polar surface area (TPSA) is 61.4 Å². The van der Waals surface area contributed by atoms with Gasteiger partial charge in [-0.05, 0) is 45.2 Å². The summed E-state index contributed by atoms with van der Waals surface area (Å²) in [6, 6.07) is 6.94. The molecule has 0 radical (unpaired) electrons. The van der Waals surface area contributed by atoms with E-state index in [0.717, 1.165) is 0 Å². The summed E-state index contributed by atoms with van der Waals surface area (Å²) < 4.78 is 0. The predicted octanol–water partition coefficient (Wildman–Crippen LogP) is 1.33. The van der Waals surface area contributed by atoms with Crippen LogP contribution >= 0.6 is 0 Å². The van der Waals surface area contributed by atoms with Gasteiger partial charge in [-0.25, -0.2) is 0 Å². The number of hydrogen-bond acceptors (Lipinski definition) is 3. The van der Waals surface area contributed by atoms with E-state index in [0.29, 0.717) is 24.3 Å². The normalized spacial score (nSPS) is 10.1. The molecule has 104 valence electrons. The Morgan fingerprint density at radius 2 is 1.68 bits per heavy atom. The van der Waals surface area contributed by atoms with Crippen molar-refractivity contribution in [3.05, 3.63) is 29.8 Å². The summed E-state index contributed by atoms with van der Waals surface area (Å²) >= 11 is 0. The maximum Gasteiger partial charge on any atom is 0.253 e. The molecule has 0 fully saturated rings. The lowest BCUT2D eigenvalue weighted by Gasteiger charge is -2.18. The third kappa shape index (κ3) is 4.37. The molecule has 5 heteroatoms. The zero-order chi connectivity index (χ0) is 14.3. The number of carbonyl (C=O) groups excluding carboxylic acids is 2. The summed E-state index contributed by atoms with van der Waals surface area (Å²) in [6.07, 6.45) is 0. The van der Waals surface area contributed by atoms with Gasteiger partial charge < -0.3 is 15.5 Å². The van der Waals surface area contributed by atoms with Gasteiger partial charge in [0.15, 0.2) is 0 Å². The summed E-state index contributed by atoms with van der Waals surface area (Å²) in [5.41, 5.74) is 1.33. The number of carbonyl (C=O) groups is 2. The molecule has 2 amide bonds. The second-order valence-corrected chi connectivity index (χ2v) is 4.13. The SMILES string of the molecule is CCN(CC)C(=O)c1ccc(NC(=O)CNC)cc1. The number of nitrogens with zero attached hydrogens (tertiary/aromatic N) is 1. The zero-order valence-electron chi connectivity index (χ0n) is 11.7. The first-order valence-electron chi connectivity index (χ1n) is 6.46. The van der Waals surface area contributed by atoms with E-state index in [2.05, 4.69) is 10.6 Å². The smallest absolute Gasteiger partial charge is 0.253 e. The van der Waals surface area contributed by atoms with E-state index in [1.54, 1.807) is 36.2 Å². The van der Waals surface area contributed by atoms with Crippen LogP contribution in [0.4, 0.5) is 5.69 Å². The van der Waals surface area contributed by atoms with E-state index in [-0.39, 0.29) is 18.4 Å². The Kier molecular flexibility index (Phi) is 6.02. The highest BCUT2D eigenvalue weighted by molar-refractivity contribution is 5.96. The van der Waals surface area contributed by atoms with Crippen molar-refractivity contribution in [2.75, 3.05) is 32.0 Å². The Hall–Kier alpha value is -1.88. The van der Waals surface area contributed by atoms with E-state index < -0.39 is 0 Å². The lowest BCUT2D eigenvalue weighted by molar-refractivity contribution is -0.115. The molecule has 1 aromatic rings. The maximum atomic E-state index is 12.1. The van der Waals surface area contributed by atoms with Crippen LogP contribution in [0.2, 0.25) is 0 Å². The van der Waals surface area contributed by atoms with Crippen molar-refractivity contribution < 1.29 is 9.59 Å². The van der Waals surface area contributed by atoms with Crippen molar-refractivity contribution in [1.82, 2.24) is 10.2 Å². The van der Waals surface area contributed by atoms with Gasteiger partial charge in [-0.15, -0.1) is 0 Å². The van der Waals surface area contributed by atoms with Gasteiger partial charge in [0.05, 0.1) is 6.54 Å². The average Bonchev–Trinajstić information content (AvgIpc) is 2.41. The first-order valence-corrected chi connectivity index (χ1v) is 6.46. The fourth-order valence-corrected chi connectivity index (χ4v) is 1.76. The molecule has 1 aromatic carbocycles. The standard InChI is InChI=1S/C14H21N3O2/c1-4-17(5-2)14(19)11-6-8-12(9-7-11)16-13(18)10-15-3/h6-9,15H,4-5,10H2,1-3H3,(H,16,18). The van der Waals surface area contributed by atoms with Crippen LogP contribution in [-0.4, -0.2) is 43.4 Å². The van der Waals surface area contributed by atoms with E-state index in [4.69, 9.17) is 0 Å². The Morgan fingerprint density at radius 3 is 2.16 bits per heavy atom. The highest BCUT2D eigenvalue weighted by atomic mass is 16.2. The van der Waals surface area contributed by atoms with Gasteiger partial charge >= 0.3 is 0 Å². The van der Waals surface area contributed by atoms with Gasteiger partial charge in [0, 0.05) is 24.3 Å². The van der Waals surface area contributed by atoms with Crippen molar-refractivity contribution in [2.45, 2.75) is 13.8 Å². The van der Waals surface area contributed by atoms with Crippen LogP contribution in [0.3, 0.4) is 0 Å². The van der Waals surface area contributed by atoms with Gasteiger partial charge in [0.1, 0.15) is 0 Å². The van der Waals surface area contributed by atoms with Crippen molar-refractivity contribution in [1.29, 1.82) is 0 Å². The number of benzene rings is 1. The van der Waals surface area contributed by atoms with Crippen LogP contribution in [0.15, 0.2) is 24.3 Å². The molecule has 0 saturated carbocycles. The minimum absolute atomic E-state index is 0.0121. The number of amides is 2. The summed E-state index contributed by atoms with van der Waals surface area (Å²) in [5, 5.41) is 5.51. The van der Waals surface area contributed by atoms with E-state index in [9.17, 15) is 9.59 Å². The Bertz CT molecular complexity index is 425. The van der Waals surface area contributed by atoms with E-state index in [1.165, 1.54) is 0 Å². The molecular formula is C14H21N3O2. The molecule has 0 bridgehead atoms. The third-order valence-corrected chi connectivity index (χ3v) is 2.80. The molecule has 0 unspecified atom stereocenters. The maximum absolute atomic E-state index is 12.1. The molecule has 5 nitrogen and oxygen atoms in total. The number of nitrogens with one attached hydrogen (secondary N) is 2. The predicted molar refractivity (Wildman–Crippen MR) is 76.2 cm³/mol. The van der Waals surface area contributed by atoms with E-state index in [1.807, 2.05) is 13.8 Å². The minimum atomic E-state index is -0.106. The zero-order valence-corrected chi connectivity index (χ0v) is 11.7. The summed E-state index contributed by atoms with van der Waals surface area (Å²) in [5.74, 6) is -0.0941. The molecular weight excluding hydrogens is 242 g/mol. The van der Waals surface area contributed by atoms with Crippen molar-refractivity contribution >= 4 is 17.5 Å². The first kappa shape index (κ1) is 15.2. The van der Waals surface area contributed by atoms with E-state index >= 15 is 0 Å². The van der Waals surface area contributed by atoms with Crippen LogP contribution in [-0.2, 0) is 4.79 Å². The Morgan fingerprint density at radius 1 is 1.11 bits per heavy atom. The van der Waals surface area contributed by atoms with Crippen molar-refractivity contribution in [3.63, 3.8) is 0 Å². The Balaban J connectivity index is 2.70. The van der Waals surface area contributed by atoms with Crippen molar-refractivity contribution in [2.24, 2.45) is 0 Å². The minimum Gasteiger partial charge on any atom is -0.339 e. The number of hydrogen-bond donors (Lipinski definition) is 2. The number of rotatable bonds is 6. The molecule has 0 aromatic heterocycles.